The Morgan fingerprint density at radius 3 is 2.70 bits per heavy atom. The van der Waals surface area contributed by atoms with Crippen LogP contribution in [0.25, 0.3) is 5.69 Å². The largest absolute Gasteiger partial charge is 0.352 e. The van der Waals surface area contributed by atoms with E-state index < -0.39 is 0 Å². The lowest BCUT2D eigenvalue weighted by atomic mass is 10.1. The van der Waals surface area contributed by atoms with E-state index >= 15 is 0 Å². The first kappa shape index (κ1) is 19.1. The van der Waals surface area contributed by atoms with Gasteiger partial charge in [-0.1, -0.05) is 12.1 Å². The Bertz CT molecular complexity index is 856. The maximum atomic E-state index is 13.2. The van der Waals surface area contributed by atoms with Crippen molar-refractivity contribution in [3.63, 3.8) is 0 Å². The minimum absolute atomic E-state index is 0.0127. The molecule has 1 saturated heterocycles. The summed E-state index contributed by atoms with van der Waals surface area (Å²) in [4.78, 5) is 26.4. The zero-order valence-electron chi connectivity index (χ0n) is 16.6. The van der Waals surface area contributed by atoms with Crippen LogP contribution in [0.3, 0.4) is 0 Å². The molecule has 1 aromatic carbocycles. The van der Waals surface area contributed by atoms with Crippen molar-refractivity contribution in [3.05, 3.63) is 46.8 Å². The number of hydrogen-bond donors (Lipinski definition) is 1. The highest BCUT2D eigenvalue weighted by Gasteiger charge is 2.26. The average Bonchev–Trinajstić information content (AvgIpc) is 2.84. The van der Waals surface area contributed by atoms with Crippen LogP contribution in [0.4, 0.5) is 0 Å². The number of aryl methyl sites for hydroxylation is 2. The van der Waals surface area contributed by atoms with Crippen LogP contribution < -0.4 is 5.32 Å². The maximum Gasteiger partial charge on any atom is 0.257 e. The molecule has 1 aliphatic rings. The van der Waals surface area contributed by atoms with E-state index in [9.17, 15) is 9.59 Å². The summed E-state index contributed by atoms with van der Waals surface area (Å²) in [6.45, 7) is 8.81. The first-order valence-corrected chi connectivity index (χ1v) is 9.55. The van der Waals surface area contributed by atoms with Gasteiger partial charge in [0, 0.05) is 26.1 Å². The molecule has 1 aromatic heterocycles. The minimum Gasteiger partial charge on any atom is -0.352 e. The van der Waals surface area contributed by atoms with E-state index in [-0.39, 0.29) is 17.9 Å². The van der Waals surface area contributed by atoms with Crippen LogP contribution in [0.5, 0.6) is 0 Å². The average molecular weight is 368 g/mol. The number of nitrogens with one attached hydrogen (secondary N) is 1. The molecule has 2 amide bonds. The van der Waals surface area contributed by atoms with Crippen molar-refractivity contribution in [2.45, 2.75) is 53.0 Å². The normalized spacial score (nSPS) is 17.5. The third-order valence-electron chi connectivity index (χ3n) is 5.20. The highest BCUT2D eigenvalue weighted by Crippen LogP contribution is 2.21. The molecule has 3 rings (SSSR count). The lowest BCUT2D eigenvalue weighted by molar-refractivity contribution is -0.119. The SMILES string of the molecule is CC(=O)NC1CCCCN(C(=O)c2cnn(-c3cc(C)ccc3C)c2C)C1. The second-order valence-corrected chi connectivity index (χ2v) is 7.49. The highest BCUT2D eigenvalue weighted by molar-refractivity contribution is 5.95. The molecule has 0 saturated carbocycles. The van der Waals surface area contributed by atoms with Gasteiger partial charge in [-0.25, -0.2) is 4.68 Å². The summed E-state index contributed by atoms with van der Waals surface area (Å²) in [5.74, 6) is -0.0606. The van der Waals surface area contributed by atoms with Gasteiger partial charge >= 0.3 is 0 Å². The van der Waals surface area contributed by atoms with Gasteiger partial charge in [-0.05, 0) is 57.2 Å². The summed E-state index contributed by atoms with van der Waals surface area (Å²) in [5.41, 5.74) is 4.74. The van der Waals surface area contributed by atoms with Gasteiger partial charge in [-0.2, -0.15) is 5.10 Å². The molecule has 1 atom stereocenters. The fourth-order valence-electron chi connectivity index (χ4n) is 3.71. The maximum absolute atomic E-state index is 13.2. The lowest BCUT2D eigenvalue weighted by Crippen LogP contribution is -2.44. The van der Waals surface area contributed by atoms with Crippen molar-refractivity contribution in [2.75, 3.05) is 13.1 Å². The molecule has 1 aliphatic heterocycles. The fraction of sp³-hybridized carbons (Fsp3) is 0.476. The summed E-state index contributed by atoms with van der Waals surface area (Å²) in [6, 6.07) is 6.24. The number of benzene rings is 1. The highest BCUT2D eigenvalue weighted by atomic mass is 16.2. The van der Waals surface area contributed by atoms with Gasteiger partial charge in [-0.15, -0.1) is 0 Å². The molecule has 27 heavy (non-hydrogen) atoms. The van der Waals surface area contributed by atoms with Crippen molar-refractivity contribution < 1.29 is 9.59 Å². The molecule has 6 heteroatoms. The Morgan fingerprint density at radius 2 is 1.96 bits per heavy atom. The Balaban J connectivity index is 1.86. The van der Waals surface area contributed by atoms with Gasteiger partial charge < -0.3 is 10.2 Å². The van der Waals surface area contributed by atoms with E-state index in [2.05, 4.69) is 28.6 Å². The standard InChI is InChI=1S/C21H28N4O2/c1-14-8-9-15(2)20(11-14)25-16(3)19(12-22-25)21(27)24-10-6-5-7-18(13-24)23-17(4)26/h8-9,11-12,18H,5-7,10,13H2,1-4H3,(H,23,26). The number of amides is 2. The molecule has 2 heterocycles. The summed E-state index contributed by atoms with van der Waals surface area (Å²) in [7, 11) is 0. The second kappa shape index (κ2) is 7.94. The number of hydrogen-bond acceptors (Lipinski definition) is 3. The molecular weight excluding hydrogens is 340 g/mol. The summed E-state index contributed by atoms with van der Waals surface area (Å²) in [6.07, 6.45) is 4.53. The van der Waals surface area contributed by atoms with E-state index in [1.807, 2.05) is 30.4 Å². The molecule has 144 valence electrons. The van der Waals surface area contributed by atoms with Gasteiger partial charge in [0.25, 0.3) is 5.91 Å². The fourth-order valence-corrected chi connectivity index (χ4v) is 3.71. The third kappa shape index (κ3) is 4.21. The Kier molecular flexibility index (Phi) is 5.63. The number of likely N-dealkylation sites (tertiary alicyclic amines) is 1. The van der Waals surface area contributed by atoms with Crippen LogP contribution in [-0.2, 0) is 4.79 Å². The van der Waals surface area contributed by atoms with Gasteiger partial charge in [-0.3, -0.25) is 9.59 Å². The molecule has 0 aliphatic carbocycles. The Morgan fingerprint density at radius 1 is 1.19 bits per heavy atom. The van der Waals surface area contributed by atoms with E-state index in [1.54, 1.807) is 6.20 Å². The molecule has 0 radical (unpaired) electrons. The number of carbonyl (C=O) groups excluding carboxylic acids is 2. The van der Waals surface area contributed by atoms with E-state index in [0.29, 0.717) is 18.7 Å². The van der Waals surface area contributed by atoms with Gasteiger partial charge in [0.15, 0.2) is 0 Å². The van der Waals surface area contributed by atoms with Crippen LogP contribution in [0.1, 0.15) is 53.4 Å². The first-order chi connectivity index (χ1) is 12.9. The Labute approximate surface area is 160 Å². The molecule has 1 N–H and O–H groups in total. The van der Waals surface area contributed by atoms with Crippen molar-refractivity contribution >= 4 is 11.8 Å². The van der Waals surface area contributed by atoms with Crippen LogP contribution in [0.2, 0.25) is 0 Å². The number of rotatable bonds is 3. The zero-order valence-corrected chi connectivity index (χ0v) is 16.6. The van der Waals surface area contributed by atoms with E-state index in [1.165, 1.54) is 6.92 Å². The van der Waals surface area contributed by atoms with Crippen molar-refractivity contribution in [3.8, 4) is 5.69 Å². The topological polar surface area (TPSA) is 67.2 Å². The van der Waals surface area contributed by atoms with Gasteiger partial charge in [0.05, 0.1) is 23.1 Å². The summed E-state index contributed by atoms with van der Waals surface area (Å²) in [5, 5.41) is 7.46. The molecule has 0 bridgehead atoms. The van der Waals surface area contributed by atoms with Crippen LogP contribution >= 0.6 is 0 Å². The van der Waals surface area contributed by atoms with E-state index in [4.69, 9.17) is 0 Å². The molecule has 2 aromatic rings. The van der Waals surface area contributed by atoms with Crippen LogP contribution in [-0.4, -0.2) is 45.6 Å². The van der Waals surface area contributed by atoms with Gasteiger partial charge in [0.2, 0.25) is 5.91 Å². The predicted octanol–water partition coefficient (Wildman–Crippen LogP) is 2.93. The second-order valence-electron chi connectivity index (χ2n) is 7.49. The lowest BCUT2D eigenvalue weighted by Gasteiger charge is -2.24. The molecular formula is C21H28N4O2. The van der Waals surface area contributed by atoms with Gasteiger partial charge in [0.1, 0.15) is 0 Å². The predicted molar refractivity (Wildman–Crippen MR) is 105 cm³/mol. The van der Waals surface area contributed by atoms with Crippen molar-refractivity contribution in [1.82, 2.24) is 20.0 Å². The molecule has 1 fully saturated rings. The van der Waals surface area contributed by atoms with E-state index in [0.717, 1.165) is 41.8 Å². The van der Waals surface area contributed by atoms with Crippen molar-refractivity contribution in [2.24, 2.45) is 0 Å². The molecule has 0 spiro atoms. The third-order valence-corrected chi connectivity index (χ3v) is 5.20. The first-order valence-electron chi connectivity index (χ1n) is 9.55. The quantitative estimate of drug-likeness (QED) is 0.906. The summed E-state index contributed by atoms with van der Waals surface area (Å²) < 4.78 is 1.85. The Hall–Kier alpha value is -2.63. The smallest absolute Gasteiger partial charge is 0.257 e. The van der Waals surface area contributed by atoms with Crippen LogP contribution in [0.15, 0.2) is 24.4 Å². The number of nitrogens with zero attached hydrogens (tertiary/aromatic N) is 3. The zero-order chi connectivity index (χ0) is 19.6. The minimum atomic E-state index is -0.0479. The summed E-state index contributed by atoms with van der Waals surface area (Å²) >= 11 is 0. The van der Waals surface area contributed by atoms with Crippen molar-refractivity contribution in [1.29, 1.82) is 0 Å². The molecule has 6 nitrogen and oxygen atoms in total. The monoisotopic (exact) mass is 368 g/mol. The number of carbonyl (C=O) groups is 2. The van der Waals surface area contributed by atoms with Crippen LogP contribution in [0, 0.1) is 20.8 Å². The molecule has 1 unspecified atom stereocenters. The number of aromatic nitrogens is 2.